The highest BCUT2D eigenvalue weighted by Gasteiger charge is 2.22. The number of rotatable bonds is 6. The van der Waals surface area contributed by atoms with Gasteiger partial charge >= 0.3 is 0 Å². The number of aromatic nitrogens is 2. The zero-order valence-corrected chi connectivity index (χ0v) is 19.0. The van der Waals surface area contributed by atoms with Crippen LogP contribution in [0.4, 0.5) is 4.39 Å². The van der Waals surface area contributed by atoms with Crippen LogP contribution >= 0.6 is 11.3 Å². The number of halogens is 1. The van der Waals surface area contributed by atoms with E-state index >= 15 is 0 Å². The van der Waals surface area contributed by atoms with Gasteiger partial charge in [-0.2, -0.15) is 0 Å². The standard InChI is InChI=1S/C23H25FN4O4S/c24-17-13-16(3-4-19(17)32-12-7-26-5-1-2-6-26)28-15-25-18-14-20(33-21(18)23(28)30)22(29)27-8-10-31-11-9-27/h3-4,13-15H,1-2,5-12H2. The van der Waals surface area contributed by atoms with Gasteiger partial charge in [-0.15, -0.1) is 11.3 Å². The first-order chi connectivity index (χ1) is 16.1. The Hall–Kier alpha value is -2.82. The van der Waals surface area contributed by atoms with Gasteiger partial charge in [0.25, 0.3) is 11.5 Å². The lowest BCUT2D eigenvalue weighted by Gasteiger charge is -2.26. The number of hydrogen-bond acceptors (Lipinski definition) is 7. The van der Waals surface area contributed by atoms with Crippen LogP contribution in [-0.4, -0.2) is 77.8 Å². The average Bonchev–Trinajstić information content (AvgIpc) is 3.51. The molecule has 8 nitrogen and oxygen atoms in total. The van der Waals surface area contributed by atoms with Gasteiger partial charge < -0.3 is 14.4 Å². The van der Waals surface area contributed by atoms with Crippen LogP contribution in [0.15, 0.2) is 35.4 Å². The topological polar surface area (TPSA) is 76.9 Å². The fraction of sp³-hybridized carbons (Fsp3) is 0.435. The van der Waals surface area contributed by atoms with Crippen molar-refractivity contribution in [3.05, 3.63) is 51.6 Å². The minimum Gasteiger partial charge on any atom is -0.489 e. The van der Waals surface area contributed by atoms with E-state index in [2.05, 4.69) is 9.88 Å². The third-order valence-corrected chi connectivity index (χ3v) is 7.10. The molecule has 2 aliphatic heterocycles. The number of hydrogen-bond donors (Lipinski definition) is 0. The molecule has 0 aliphatic carbocycles. The molecule has 2 saturated heterocycles. The normalized spacial score (nSPS) is 17.1. The van der Waals surface area contributed by atoms with Crippen LogP contribution in [0.5, 0.6) is 5.75 Å². The molecule has 3 aromatic rings. The first-order valence-corrected chi connectivity index (χ1v) is 11.9. The van der Waals surface area contributed by atoms with Crippen LogP contribution < -0.4 is 10.3 Å². The summed E-state index contributed by atoms with van der Waals surface area (Å²) in [5.41, 5.74) is 0.474. The van der Waals surface area contributed by atoms with Gasteiger partial charge in [-0.1, -0.05) is 0 Å². The summed E-state index contributed by atoms with van der Waals surface area (Å²) in [6, 6.07) is 6.08. The maximum atomic E-state index is 14.7. The van der Waals surface area contributed by atoms with Crippen molar-refractivity contribution >= 4 is 27.5 Å². The number of amides is 1. The van der Waals surface area contributed by atoms with Gasteiger partial charge in [-0.25, -0.2) is 9.37 Å². The van der Waals surface area contributed by atoms with Crippen molar-refractivity contribution in [3.8, 4) is 11.4 Å². The SMILES string of the molecule is O=C(c1cc2ncn(-c3ccc(OCCN4CCCC4)c(F)c3)c(=O)c2s1)N1CCOCC1. The first-order valence-electron chi connectivity index (χ1n) is 11.1. The average molecular weight is 473 g/mol. The quantitative estimate of drug-likeness (QED) is 0.549. The molecule has 10 heteroatoms. The van der Waals surface area contributed by atoms with E-state index in [0.29, 0.717) is 53.7 Å². The summed E-state index contributed by atoms with van der Waals surface area (Å²) in [6.45, 7) is 5.37. The maximum Gasteiger partial charge on any atom is 0.275 e. The van der Waals surface area contributed by atoms with Crippen LogP contribution in [0.3, 0.4) is 0 Å². The summed E-state index contributed by atoms with van der Waals surface area (Å²) in [6.07, 6.45) is 3.76. The summed E-state index contributed by atoms with van der Waals surface area (Å²) in [5.74, 6) is -0.501. The predicted molar refractivity (Wildman–Crippen MR) is 123 cm³/mol. The molecule has 0 bridgehead atoms. The second-order valence-electron chi connectivity index (χ2n) is 8.16. The first kappa shape index (κ1) is 22.0. The smallest absolute Gasteiger partial charge is 0.275 e. The van der Waals surface area contributed by atoms with E-state index in [1.165, 1.54) is 35.9 Å². The Balaban J connectivity index is 1.34. The molecule has 174 valence electrons. The Bertz CT molecular complexity index is 1210. The number of likely N-dealkylation sites (tertiary alicyclic amines) is 1. The van der Waals surface area contributed by atoms with Crippen LogP contribution in [0.25, 0.3) is 15.9 Å². The van der Waals surface area contributed by atoms with Crippen molar-refractivity contribution in [2.75, 3.05) is 52.5 Å². The molecule has 0 N–H and O–H groups in total. The lowest BCUT2D eigenvalue weighted by molar-refractivity contribution is 0.0306. The zero-order valence-electron chi connectivity index (χ0n) is 18.2. The van der Waals surface area contributed by atoms with E-state index in [0.717, 1.165) is 31.0 Å². The second kappa shape index (κ2) is 9.58. The van der Waals surface area contributed by atoms with E-state index in [1.807, 2.05) is 0 Å². The number of ether oxygens (including phenoxy) is 2. The highest BCUT2D eigenvalue weighted by Crippen LogP contribution is 2.25. The highest BCUT2D eigenvalue weighted by atomic mass is 32.1. The van der Waals surface area contributed by atoms with Gasteiger partial charge in [-0.3, -0.25) is 19.1 Å². The van der Waals surface area contributed by atoms with Gasteiger partial charge in [0, 0.05) is 25.7 Å². The van der Waals surface area contributed by atoms with Crippen molar-refractivity contribution in [1.82, 2.24) is 19.4 Å². The molecular weight excluding hydrogens is 447 g/mol. The summed E-state index contributed by atoms with van der Waals surface area (Å²) in [7, 11) is 0. The lowest BCUT2D eigenvalue weighted by Crippen LogP contribution is -2.40. The number of carbonyl (C=O) groups excluding carboxylic acids is 1. The summed E-state index contributed by atoms with van der Waals surface area (Å²) < 4.78 is 27.2. The molecular formula is C23H25FN4O4S. The Labute approximate surface area is 194 Å². The minimum absolute atomic E-state index is 0.131. The van der Waals surface area contributed by atoms with E-state index in [4.69, 9.17) is 9.47 Å². The Morgan fingerprint density at radius 3 is 2.70 bits per heavy atom. The molecule has 0 atom stereocenters. The molecule has 33 heavy (non-hydrogen) atoms. The minimum atomic E-state index is -0.532. The van der Waals surface area contributed by atoms with Crippen molar-refractivity contribution in [3.63, 3.8) is 0 Å². The molecule has 2 aliphatic rings. The van der Waals surface area contributed by atoms with Crippen LogP contribution in [0.2, 0.25) is 0 Å². The monoisotopic (exact) mass is 472 g/mol. The van der Waals surface area contributed by atoms with E-state index in [9.17, 15) is 14.0 Å². The van der Waals surface area contributed by atoms with Crippen LogP contribution in [0.1, 0.15) is 22.5 Å². The van der Waals surface area contributed by atoms with E-state index < -0.39 is 5.82 Å². The fourth-order valence-electron chi connectivity index (χ4n) is 4.17. The molecule has 5 rings (SSSR count). The molecule has 1 aromatic carbocycles. The molecule has 2 aromatic heterocycles. The number of carbonyl (C=O) groups is 1. The maximum absolute atomic E-state index is 14.7. The van der Waals surface area contributed by atoms with Gasteiger partial charge in [0.05, 0.1) is 29.3 Å². The highest BCUT2D eigenvalue weighted by molar-refractivity contribution is 7.20. The van der Waals surface area contributed by atoms with E-state index in [1.54, 1.807) is 17.0 Å². The molecule has 2 fully saturated rings. The van der Waals surface area contributed by atoms with E-state index in [-0.39, 0.29) is 17.2 Å². The van der Waals surface area contributed by atoms with Crippen molar-refractivity contribution < 1.29 is 18.7 Å². The van der Waals surface area contributed by atoms with Gasteiger partial charge in [0.1, 0.15) is 17.6 Å². The van der Waals surface area contributed by atoms with Crippen LogP contribution in [-0.2, 0) is 4.74 Å². The largest absolute Gasteiger partial charge is 0.489 e. The number of morpholine rings is 1. The van der Waals surface area contributed by atoms with Gasteiger partial charge in [0.2, 0.25) is 0 Å². The lowest BCUT2D eigenvalue weighted by atomic mass is 10.2. The predicted octanol–water partition coefficient (Wildman–Crippen LogP) is 2.53. The third kappa shape index (κ3) is 4.64. The van der Waals surface area contributed by atoms with Gasteiger partial charge in [0.15, 0.2) is 11.6 Å². The molecule has 0 unspecified atom stereocenters. The van der Waals surface area contributed by atoms with Crippen molar-refractivity contribution in [2.45, 2.75) is 12.8 Å². The molecule has 0 radical (unpaired) electrons. The molecule has 0 spiro atoms. The van der Waals surface area contributed by atoms with Crippen molar-refractivity contribution in [1.29, 1.82) is 0 Å². The zero-order chi connectivity index (χ0) is 22.8. The summed E-state index contributed by atoms with van der Waals surface area (Å²) >= 11 is 1.11. The number of nitrogens with zero attached hydrogens (tertiary/aromatic N) is 4. The molecule has 0 saturated carbocycles. The number of thiophene rings is 1. The summed E-state index contributed by atoms with van der Waals surface area (Å²) in [4.78, 5) is 34.7. The molecule has 4 heterocycles. The summed E-state index contributed by atoms with van der Waals surface area (Å²) in [5, 5.41) is 0. The molecule has 1 amide bonds. The Morgan fingerprint density at radius 2 is 1.94 bits per heavy atom. The van der Waals surface area contributed by atoms with Gasteiger partial charge in [-0.05, 0) is 44.1 Å². The van der Waals surface area contributed by atoms with Crippen molar-refractivity contribution in [2.24, 2.45) is 0 Å². The number of benzene rings is 1. The third-order valence-electron chi connectivity index (χ3n) is 6.00. The second-order valence-corrected chi connectivity index (χ2v) is 9.21. The van der Waals surface area contributed by atoms with Crippen LogP contribution in [0, 0.1) is 5.82 Å². The Morgan fingerprint density at radius 1 is 1.15 bits per heavy atom. The Kier molecular flexibility index (Phi) is 6.39. The number of fused-ring (bicyclic) bond motifs is 1. The fourth-order valence-corrected chi connectivity index (χ4v) is 5.18.